The van der Waals surface area contributed by atoms with Crippen molar-refractivity contribution >= 4 is 22.1 Å². The van der Waals surface area contributed by atoms with Gasteiger partial charge in [0.1, 0.15) is 6.73 Å². The Morgan fingerprint density at radius 3 is 1.59 bits per heavy atom. The normalized spacial score (nSPS) is 12.9. The Kier molecular flexibility index (Phi) is 2.55. The number of rotatable bonds is 1. The zero-order chi connectivity index (χ0) is 18.3. The fourth-order valence-corrected chi connectivity index (χ4v) is 4.22. The van der Waals surface area contributed by atoms with Crippen molar-refractivity contribution in [1.29, 1.82) is 0 Å². The second-order valence-corrected chi connectivity index (χ2v) is 6.67. The molecule has 27 heavy (non-hydrogen) atoms. The molecule has 130 valence electrons. The third-order valence-electron chi connectivity index (χ3n) is 5.36. The van der Waals surface area contributed by atoms with Crippen LogP contribution >= 0.6 is 0 Å². The summed E-state index contributed by atoms with van der Waals surface area (Å²) in [4.78, 5) is 9.54. The number of para-hydroxylation sites is 2. The molecule has 3 aromatic carbocycles. The predicted molar refractivity (Wildman–Crippen MR) is 97.3 cm³/mol. The quantitative estimate of drug-likeness (QED) is 0.422. The molecule has 0 atom stereocenters. The van der Waals surface area contributed by atoms with Crippen molar-refractivity contribution in [1.82, 2.24) is 4.57 Å². The highest BCUT2D eigenvalue weighted by Gasteiger charge is 2.26. The van der Waals surface area contributed by atoms with Gasteiger partial charge in [0.25, 0.3) is 0 Å². The van der Waals surface area contributed by atoms with Crippen molar-refractivity contribution in [3.63, 3.8) is 0 Å². The molecule has 0 bridgehead atoms. The molecule has 3 heterocycles. The Hall–Kier alpha value is -3.64. The molecule has 2 aliphatic rings. The Balaban J connectivity index is 2.10. The molecule has 0 radical (unpaired) electrons. The summed E-state index contributed by atoms with van der Waals surface area (Å²) in [5, 5.41) is 37.1. The molecule has 3 N–H and O–H groups in total. The summed E-state index contributed by atoms with van der Waals surface area (Å²) in [6.45, 7) is -0.534. The summed E-state index contributed by atoms with van der Waals surface area (Å²) >= 11 is 0. The van der Waals surface area contributed by atoms with Gasteiger partial charge in [0.15, 0.2) is 0 Å². The van der Waals surface area contributed by atoms with E-state index in [9.17, 15) is 15.3 Å². The highest BCUT2D eigenvalue weighted by atomic mass is 16.3. The molecule has 6 heteroatoms. The van der Waals surface area contributed by atoms with Crippen LogP contribution in [-0.4, -0.2) is 19.9 Å². The van der Waals surface area contributed by atoms with Gasteiger partial charge < -0.3 is 15.3 Å². The van der Waals surface area contributed by atoms with Crippen LogP contribution in [-0.2, 0) is 6.73 Å². The van der Waals surface area contributed by atoms with Crippen LogP contribution in [0.3, 0.4) is 0 Å². The van der Waals surface area contributed by atoms with Crippen molar-refractivity contribution < 1.29 is 15.3 Å². The molecule has 2 aliphatic heterocycles. The van der Waals surface area contributed by atoms with Gasteiger partial charge in [-0.05, 0) is 12.1 Å². The molecule has 0 spiro atoms. The highest BCUT2D eigenvalue weighted by Crippen LogP contribution is 2.46. The number of aliphatic hydroxyl groups excluding tert-OH is 1. The first kappa shape index (κ1) is 14.5. The van der Waals surface area contributed by atoms with E-state index in [0.29, 0.717) is 22.1 Å². The SMILES string of the molecule is OCn1c(O)c2c3c(c4c(c2c1O)=c1ccccc1=N4)N=c1ccccc1=3. The number of hydrogen-bond donors (Lipinski definition) is 3. The minimum Gasteiger partial charge on any atom is -0.494 e. The van der Waals surface area contributed by atoms with Crippen molar-refractivity contribution in [2.24, 2.45) is 9.98 Å². The Morgan fingerprint density at radius 1 is 0.704 bits per heavy atom. The first-order chi connectivity index (χ1) is 13.2. The van der Waals surface area contributed by atoms with Gasteiger partial charge in [0, 0.05) is 20.9 Å². The number of aliphatic hydroxyl groups is 1. The van der Waals surface area contributed by atoms with Crippen LogP contribution in [0.4, 0.5) is 11.4 Å². The van der Waals surface area contributed by atoms with Crippen LogP contribution in [0.2, 0.25) is 0 Å². The maximum atomic E-state index is 10.8. The second-order valence-electron chi connectivity index (χ2n) is 6.67. The Morgan fingerprint density at radius 2 is 1.15 bits per heavy atom. The van der Waals surface area contributed by atoms with E-state index in [1.54, 1.807) is 0 Å². The van der Waals surface area contributed by atoms with Crippen molar-refractivity contribution in [2.45, 2.75) is 6.73 Å². The van der Waals surface area contributed by atoms with Gasteiger partial charge in [-0.1, -0.05) is 36.4 Å². The van der Waals surface area contributed by atoms with E-state index >= 15 is 0 Å². The standard InChI is InChI=1S/C21H13N3O3/c25-9-24-20(26)16-14-10-5-1-3-7-12(10)22-18(14)19-15(17(16)21(24)27)11-6-2-4-8-13(11)23-19/h1-8,25-27H,9H2. The minimum atomic E-state index is -0.534. The van der Waals surface area contributed by atoms with Crippen LogP contribution in [0.1, 0.15) is 0 Å². The minimum absolute atomic E-state index is 0.180. The maximum absolute atomic E-state index is 10.8. The lowest BCUT2D eigenvalue weighted by atomic mass is 10.0. The van der Waals surface area contributed by atoms with Crippen LogP contribution in [0.25, 0.3) is 10.8 Å². The fourth-order valence-electron chi connectivity index (χ4n) is 4.22. The van der Waals surface area contributed by atoms with Crippen LogP contribution in [0.15, 0.2) is 58.5 Å². The van der Waals surface area contributed by atoms with Gasteiger partial charge in [-0.25, -0.2) is 9.98 Å². The van der Waals surface area contributed by atoms with E-state index < -0.39 is 6.73 Å². The summed E-state index contributed by atoms with van der Waals surface area (Å²) in [5.74, 6) is -0.360. The molecule has 6 rings (SSSR count). The second kappa shape index (κ2) is 4.75. The molecule has 0 saturated carbocycles. The fraction of sp³-hybridized carbons (Fsp3) is 0.0476. The highest BCUT2D eigenvalue weighted by molar-refractivity contribution is 6.00. The lowest BCUT2D eigenvalue weighted by Gasteiger charge is -2.01. The molecule has 0 saturated heterocycles. The molecular formula is C21H13N3O3. The van der Waals surface area contributed by atoms with Gasteiger partial charge in [-0.3, -0.25) is 4.57 Å². The summed E-state index contributed by atoms with van der Waals surface area (Å²) in [6, 6.07) is 15.3. The zero-order valence-corrected chi connectivity index (χ0v) is 14.0. The third kappa shape index (κ3) is 1.59. The molecule has 0 aliphatic carbocycles. The average Bonchev–Trinajstić information content (AvgIpc) is 3.32. The van der Waals surface area contributed by atoms with Gasteiger partial charge in [0.2, 0.25) is 11.8 Å². The van der Waals surface area contributed by atoms with E-state index in [4.69, 9.17) is 9.98 Å². The summed E-state index contributed by atoms with van der Waals surface area (Å²) in [7, 11) is 0. The topological polar surface area (TPSA) is 90.3 Å². The summed E-state index contributed by atoms with van der Waals surface area (Å²) < 4.78 is 1.09. The van der Waals surface area contributed by atoms with E-state index in [2.05, 4.69) is 0 Å². The summed E-state index contributed by atoms with van der Waals surface area (Å²) in [5.41, 5.74) is 1.36. The van der Waals surface area contributed by atoms with Gasteiger partial charge in [-0.2, -0.15) is 0 Å². The Bertz CT molecular complexity index is 1520. The number of aromatic nitrogens is 1. The third-order valence-corrected chi connectivity index (χ3v) is 5.36. The van der Waals surface area contributed by atoms with E-state index in [1.807, 2.05) is 48.5 Å². The monoisotopic (exact) mass is 355 g/mol. The lowest BCUT2D eigenvalue weighted by molar-refractivity contribution is 0.184. The largest absolute Gasteiger partial charge is 0.494 e. The van der Waals surface area contributed by atoms with Crippen LogP contribution < -0.4 is 10.7 Å². The number of nitrogens with zero attached hydrogens (tertiary/aromatic N) is 3. The van der Waals surface area contributed by atoms with Crippen molar-refractivity contribution in [3.8, 4) is 11.8 Å². The molecule has 0 unspecified atom stereocenters. The van der Waals surface area contributed by atoms with Crippen LogP contribution in [0, 0.1) is 20.9 Å². The summed E-state index contributed by atoms with van der Waals surface area (Å²) in [6.07, 6.45) is 0. The first-order valence-corrected chi connectivity index (χ1v) is 8.58. The van der Waals surface area contributed by atoms with E-state index in [0.717, 1.165) is 36.2 Å². The average molecular weight is 355 g/mol. The van der Waals surface area contributed by atoms with Crippen molar-refractivity contribution in [2.75, 3.05) is 0 Å². The number of benzene rings is 3. The number of aromatic hydroxyl groups is 2. The molecular weight excluding hydrogens is 342 g/mol. The Labute approximate surface area is 151 Å². The van der Waals surface area contributed by atoms with Crippen LogP contribution in [0.5, 0.6) is 11.8 Å². The maximum Gasteiger partial charge on any atom is 0.204 e. The number of hydrogen-bond acceptors (Lipinski definition) is 5. The zero-order valence-electron chi connectivity index (χ0n) is 14.0. The lowest BCUT2D eigenvalue weighted by Crippen LogP contribution is -1.98. The molecule has 4 aromatic rings. The van der Waals surface area contributed by atoms with Gasteiger partial charge >= 0.3 is 0 Å². The smallest absolute Gasteiger partial charge is 0.204 e. The van der Waals surface area contributed by atoms with Gasteiger partial charge in [0.05, 0.1) is 32.9 Å². The molecule has 0 amide bonds. The molecule has 0 fully saturated rings. The van der Waals surface area contributed by atoms with Crippen molar-refractivity contribution in [3.05, 3.63) is 80.1 Å². The van der Waals surface area contributed by atoms with E-state index in [-0.39, 0.29) is 11.8 Å². The first-order valence-electron chi connectivity index (χ1n) is 8.58. The predicted octanol–water partition coefficient (Wildman–Crippen LogP) is 2.11. The molecule has 1 aromatic heterocycles. The van der Waals surface area contributed by atoms with Gasteiger partial charge in [-0.15, -0.1) is 0 Å². The van der Waals surface area contributed by atoms with E-state index in [1.165, 1.54) is 0 Å². The number of fused-ring (bicyclic) bond motifs is 8. The molecule has 6 nitrogen and oxygen atoms in total.